The normalized spacial score (nSPS) is 13.1. The Morgan fingerprint density at radius 1 is 0.393 bits per heavy atom. The number of rotatable bonds is 48. The molecule has 0 aliphatic carbocycles. The van der Waals surface area contributed by atoms with Crippen molar-refractivity contribution in [1.29, 1.82) is 0 Å². The van der Waals surface area contributed by atoms with E-state index in [0.29, 0.717) is 185 Å². The van der Waals surface area contributed by atoms with Gasteiger partial charge in [-0.2, -0.15) is 8.42 Å². The van der Waals surface area contributed by atoms with Gasteiger partial charge in [0.25, 0.3) is 10.1 Å². The summed E-state index contributed by atoms with van der Waals surface area (Å²) in [7, 11) is -2.96. The lowest BCUT2D eigenvalue weighted by Crippen LogP contribution is -2.15. The SMILES string of the molecule is CN=P(C)(OCCOCCOCCOCCOCCOCCOCCOC)OCCOCCOCCOCCOCCOCCOCCOCCCS(=O)(=O)O. The second-order valence-corrected chi connectivity index (χ2v) is 15.4. The molecule has 1 unspecified atom stereocenters. The van der Waals surface area contributed by atoms with Crippen molar-refractivity contribution >= 4 is 17.6 Å². The molecule has 0 aromatic carbocycles. The highest BCUT2D eigenvalue weighted by Crippen LogP contribution is 2.47. The van der Waals surface area contributed by atoms with Gasteiger partial charge in [-0.15, -0.1) is 0 Å². The van der Waals surface area contributed by atoms with Gasteiger partial charge < -0.3 is 75.4 Å². The summed E-state index contributed by atoms with van der Waals surface area (Å²) in [5.41, 5.74) is 0. The largest absolute Gasteiger partial charge is 0.382 e. The second-order valence-electron chi connectivity index (χ2n) is 11.3. The quantitative estimate of drug-likeness (QED) is 0.0521. The third-order valence-corrected chi connectivity index (χ3v) is 9.55. The lowest BCUT2D eigenvalue weighted by molar-refractivity contribution is -0.0214. The highest BCUT2D eigenvalue weighted by atomic mass is 32.2. The van der Waals surface area contributed by atoms with Gasteiger partial charge in [-0.25, -0.2) is 0 Å². The lowest BCUT2D eigenvalue weighted by Gasteiger charge is -2.19. The van der Waals surface area contributed by atoms with Crippen molar-refractivity contribution in [2.45, 2.75) is 6.42 Å². The molecule has 0 fully saturated rings. The van der Waals surface area contributed by atoms with Crippen LogP contribution in [0.1, 0.15) is 6.42 Å². The molecule has 0 radical (unpaired) electrons. The lowest BCUT2D eigenvalue weighted by atomic mass is 10.5. The van der Waals surface area contributed by atoms with Gasteiger partial charge in [-0.05, 0) is 6.42 Å². The number of hydrogen-bond donors (Lipinski definition) is 1. The van der Waals surface area contributed by atoms with Gasteiger partial charge in [-0.3, -0.25) is 9.30 Å². The predicted octanol–water partition coefficient (Wildman–Crippen LogP) is 1.45. The van der Waals surface area contributed by atoms with Crippen molar-refractivity contribution in [2.24, 2.45) is 4.74 Å². The smallest absolute Gasteiger partial charge is 0.264 e. The molecule has 0 saturated carbocycles. The summed E-state index contributed by atoms with van der Waals surface area (Å²) in [6.45, 7) is 14.9. The van der Waals surface area contributed by atoms with Crippen LogP contribution in [0.4, 0.5) is 0 Å². The molecule has 0 aromatic heterocycles. The summed E-state index contributed by atoms with van der Waals surface area (Å²) in [5.74, 6) is -0.310. The summed E-state index contributed by atoms with van der Waals surface area (Å²) in [4.78, 5) is 0. The third-order valence-electron chi connectivity index (χ3n) is 6.70. The Morgan fingerprint density at radius 3 is 0.821 bits per heavy atom. The standard InChI is InChI=1S/C34H72NO19PS/c1-35-55(3,53-32-30-51-28-26-49-24-22-47-20-18-45-15-14-43-11-10-41-7-6-39-2)54-33-31-52-29-27-50-25-23-48-21-19-46-17-16-44-13-12-42-9-8-40-5-4-34-56(36,37)38/h4-34H2,1-3H3,(H,36,37,38). The second kappa shape index (κ2) is 44.1. The van der Waals surface area contributed by atoms with Crippen LogP contribution in [0.3, 0.4) is 0 Å². The van der Waals surface area contributed by atoms with E-state index in [1.807, 2.05) is 6.66 Å². The fourth-order valence-corrected chi connectivity index (χ4v) is 5.41. The minimum atomic E-state index is -3.93. The monoisotopic (exact) mass is 861 g/mol. The average Bonchev–Trinajstić information content (AvgIpc) is 3.18. The first kappa shape index (κ1) is 55.5. The molecule has 1 N–H and O–H groups in total. The van der Waals surface area contributed by atoms with E-state index in [0.717, 1.165) is 0 Å². The van der Waals surface area contributed by atoms with Crippen molar-refractivity contribution in [1.82, 2.24) is 0 Å². The molecule has 0 bridgehead atoms. The van der Waals surface area contributed by atoms with Gasteiger partial charge in [-0.1, -0.05) is 0 Å². The van der Waals surface area contributed by atoms with Gasteiger partial charge in [0.2, 0.25) is 7.51 Å². The van der Waals surface area contributed by atoms with E-state index >= 15 is 0 Å². The molecule has 56 heavy (non-hydrogen) atoms. The molecule has 0 aliphatic rings. The molecule has 22 heteroatoms. The Hall–Kier alpha value is -0.500. The Kier molecular flexibility index (Phi) is 43.7. The molecule has 0 aromatic rings. The van der Waals surface area contributed by atoms with E-state index < -0.39 is 17.6 Å². The van der Waals surface area contributed by atoms with Gasteiger partial charge >= 0.3 is 0 Å². The molecule has 0 rings (SSSR count). The summed E-state index contributed by atoms with van der Waals surface area (Å²) < 4.78 is 121. The molecule has 338 valence electrons. The zero-order valence-electron chi connectivity index (χ0n) is 34.0. The number of hydrogen-bond acceptors (Lipinski definition) is 19. The first-order valence-corrected chi connectivity index (χ1v) is 22.7. The maximum Gasteiger partial charge on any atom is 0.264 e. The van der Waals surface area contributed by atoms with Crippen molar-refractivity contribution < 1.29 is 88.3 Å². The summed E-state index contributed by atoms with van der Waals surface area (Å²) in [5, 5.41) is 0. The maximum atomic E-state index is 10.6. The van der Waals surface area contributed by atoms with E-state index in [4.69, 9.17) is 79.9 Å². The maximum absolute atomic E-state index is 10.6. The first-order valence-electron chi connectivity index (χ1n) is 19.0. The van der Waals surface area contributed by atoms with Crippen molar-refractivity contribution in [2.75, 3.05) is 218 Å². The van der Waals surface area contributed by atoms with Crippen LogP contribution in [-0.4, -0.2) is 231 Å². The van der Waals surface area contributed by atoms with Crippen LogP contribution < -0.4 is 0 Å². The van der Waals surface area contributed by atoms with E-state index in [-0.39, 0.29) is 18.8 Å². The average molecular weight is 862 g/mol. The van der Waals surface area contributed by atoms with Crippen LogP contribution in [0.5, 0.6) is 0 Å². The topological polar surface area (TPSA) is 214 Å². The van der Waals surface area contributed by atoms with Crippen LogP contribution in [-0.2, 0) is 85.5 Å². The van der Waals surface area contributed by atoms with Crippen LogP contribution in [0.15, 0.2) is 4.74 Å². The van der Waals surface area contributed by atoms with Crippen LogP contribution in [0.25, 0.3) is 0 Å². The number of methoxy groups -OCH3 is 1. The molecular formula is C34H72NO19PS. The van der Waals surface area contributed by atoms with Crippen molar-refractivity contribution in [3.63, 3.8) is 0 Å². The molecule has 0 amide bonds. The molecule has 0 heterocycles. The number of ether oxygens (including phenoxy) is 14. The summed E-state index contributed by atoms with van der Waals surface area (Å²) in [6, 6.07) is 0. The summed E-state index contributed by atoms with van der Waals surface area (Å²) >= 11 is 0. The highest BCUT2D eigenvalue weighted by molar-refractivity contribution is 7.85. The third kappa shape index (κ3) is 46.2. The zero-order valence-corrected chi connectivity index (χ0v) is 35.7. The van der Waals surface area contributed by atoms with Gasteiger partial charge in [0, 0.05) is 27.4 Å². The molecular weight excluding hydrogens is 789 g/mol. The van der Waals surface area contributed by atoms with Crippen molar-refractivity contribution in [3.8, 4) is 0 Å². The molecule has 0 aliphatic heterocycles. The minimum absolute atomic E-state index is 0.240. The fraction of sp³-hybridized carbons (Fsp3) is 1.00. The predicted molar refractivity (Wildman–Crippen MR) is 207 cm³/mol. The van der Waals surface area contributed by atoms with E-state index in [1.54, 1.807) is 14.2 Å². The fourth-order valence-electron chi connectivity index (χ4n) is 3.79. The molecule has 20 nitrogen and oxygen atoms in total. The minimum Gasteiger partial charge on any atom is -0.382 e. The van der Waals surface area contributed by atoms with Gasteiger partial charge in [0.15, 0.2) is 0 Å². The summed E-state index contributed by atoms with van der Waals surface area (Å²) in [6.07, 6.45) is 0.240. The van der Waals surface area contributed by atoms with E-state index in [9.17, 15) is 8.42 Å². The molecule has 0 saturated heterocycles. The van der Waals surface area contributed by atoms with Gasteiger partial charge in [0.05, 0.1) is 191 Å². The highest BCUT2D eigenvalue weighted by Gasteiger charge is 2.13. The number of nitrogens with zero attached hydrogens (tertiary/aromatic N) is 1. The Morgan fingerprint density at radius 2 is 0.607 bits per heavy atom. The Bertz CT molecular complexity index is 957. The van der Waals surface area contributed by atoms with Crippen molar-refractivity contribution in [3.05, 3.63) is 0 Å². The Balaban J connectivity index is 3.34. The first-order chi connectivity index (χ1) is 27.3. The molecule has 1 atom stereocenters. The van der Waals surface area contributed by atoms with Crippen LogP contribution in [0, 0.1) is 0 Å². The van der Waals surface area contributed by atoms with E-state index in [2.05, 4.69) is 4.74 Å². The Labute approximate surface area is 334 Å². The molecule has 0 spiro atoms. The van der Waals surface area contributed by atoms with Gasteiger partial charge in [0.1, 0.15) is 0 Å². The zero-order chi connectivity index (χ0) is 40.9. The van der Waals surface area contributed by atoms with E-state index in [1.165, 1.54) is 0 Å². The van der Waals surface area contributed by atoms with Crippen LogP contribution in [0.2, 0.25) is 0 Å². The van der Waals surface area contributed by atoms with Crippen LogP contribution >= 0.6 is 7.51 Å².